The molecule has 0 atom stereocenters. The van der Waals surface area contributed by atoms with Gasteiger partial charge in [0.1, 0.15) is 17.4 Å². The van der Waals surface area contributed by atoms with E-state index in [4.69, 9.17) is 9.84 Å². The van der Waals surface area contributed by atoms with Gasteiger partial charge in [0.25, 0.3) is 0 Å². The summed E-state index contributed by atoms with van der Waals surface area (Å²) in [4.78, 5) is 47.2. The van der Waals surface area contributed by atoms with Crippen molar-refractivity contribution in [2.24, 2.45) is 0 Å². The van der Waals surface area contributed by atoms with Crippen LogP contribution in [0.4, 0.5) is 15.6 Å². The summed E-state index contributed by atoms with van der Waals surface area (Å²) in [6.07, 6.45) is 0. The van der Waals surface area contributed by atoms with Gasteiger partial charge in [-0.15, -0.1) is 11.3 Å². The number of aromatic nitrogens is 2. The first-order chi connectivity index (χ1) is 18.9. The molecule has 3 N–H and O–H groups in total. The number of hydrogen-bond acceptors (Lipinski definition) is 8. The molecule has 0 spiro atoms. The van der Waals surface area contributed by atoms with E-state index >= 15 is 0 Å². The lowest BCUT2D eigenvalue weighted by Gasteiger charge is -2.29. The maximum Gasteiger partial charge on any atom is 0.356 e. The number of nitrogens with one attached hydrogen (secondary N) is 1. The van der Waals surface area contributed by atoms with E-state index in [-0.39, 0.29) is 17.3 Å². The minimum atomic E-state index is -1.20. The number of fused-ring (bicyclic) bond motifs is 2. The van der Waals surface area contributed by atoms with E-state index in [1.165, 1.54) is 34.8 Å². The monoisotopic (exact) mass is 558 g/mol. The number of carboxylic acids is 2. The first-order valence-electron chi connectivity index (χ1n) is 11.7. The van der Waals surface area contributed by atoms with Crippen molar-refractivity contribution in [3.05, 3.63) is 78.0 Å². The van der Waals surface area contributed by atoms with Gasteiger partial charge in [0.05, 0.1) is 32.9 Å². The number of carbonyl (C=O) groups is 3. The molecular formula is C27H18N4O6S2. The zero-order chi connectivity index (χ0) is 27.1. The first kappa shape index (κ1) is 24.5. The van der Waals surface area contributed by atoms with Gasteiger partial charge in [-0.1, -0.05) is 35.6 Å². The molecule has 3 aromatic carbocycles. The fourth-order valence-electron chi connectivity index (χ4n) is 4.19. The van der Waals surface area contributed by atoms with Crippen LogP contribution in [0.25, 0.3) is 31.2 Å². The van der Waals surface area contributed by atoms with Gasteiger partial charge in [0.15, 0.2) is 10.8 Å². The first-order valence-corrected chi connectivity index (χ1v) is 13.3. The number of benzene rings is 3. The van der Waals surface area contributed by atoms with Gasteiger partial charge in [-0.2, -0.15) is 0 Å². The lowest BCUT2D eigenvalue weighted by Crippen LogP contribution is -2.40. The highest BCUT2D eigenvalue weighted by molar-refractivity contribution is 7.22. The van der Waals surface area contributed by atoms with Crippen LogP contribution < -0.4 is 15.0 Å². The van der Waals surface area contributed by atoms with Crippen LogP contribution in [0.5, 0.6) is 5.75 Å². The summed E-state index contributed by atoms with van der Waals surface area (Å²) in [6.45, 7) is 0.628. The second kappa shape index (κ2) is 9.82. The number of para-hydroxylation sites is 1. The molecule has 0 fully saturated rings. The molecule has 1 aliphatic heterocycles. The van der Waals surface area contributed by atoms with Crippen LogP contribution in [0.3, 0.4) is 0 Å². The number of aromatic carboxylic acids is 2. The van der Waals surface area contributed by atoms with E-state index in [0.29, 0.717) is 50.7 Å². The zero-order valence-electron chi connectivity index (χ0n) is 20.0. The minimum absolute atomic E-state index is 0.0965. The third-order valence-corrected chi connectivity index (χ3v) is 8.15. The molecule has 2 amide bonds. The summed E-state index contributed by atoms with van der Waals surface area (Å²) in [5, 5.41) is 22.7. The predicted octanol–water partition coefficient (Wildman–Crippen LogP) is 5.91. The van der Waals surface area contributed by atoms with Crippen molar-refractivity contribution in [1.29, 1.82) is 0 Å². The molecule has 0 aliphatic carbocycles. The van der Waals surface area contributed by atoms with Crippen LogP contribution in [0.15, 0.2) is 66.7 Å². The van der Waals surface area contributed by atoms with Crippen LogP contribution in [0, 0.1) is 0 Å². The van der Waals surface area contributed by atoms with E-state index in [2.05, 4.69) is 15.3 Å². The predicted molar refractivity (Wildman–Crippen MR) is 148 cm³/mol. The van der Waals surface area contributed by atoms with Crippen LogP contribution >= 0.6 is 22.7 Å². The van der Waals surface area contributed by atoms with Gasteiger partial charge in [0, 0.05) is 5.56 Å². The summed E-state index contributed by atoms with van der Waals surface area (Å²) in [5.74, 6) is -1.75. The molecule has 1 aliphatic rings. The highest BCUT2D eigenvalue weighted by Gasteiger charge is 2.27. The Kier molecular flexibility index (Phi) is 6.17. The summed E-state index contributed by atoms with van der Waals surface area (Å²) in [7, 11) is 0. The third kappa shape index (κ3) is 4.67. The summed E-state index contributed by atoms with van der Waals surface area (Å²) in [6, 6.07) is 18.4. The molecule has 12 heteroatoms. The van der Waals surface area contributed by atoms with E-state index in [1.807, 2.05) is 24.3 Å². The second-order valence-electron chi connectivity index (χ2n) is 8.48. The second-order valence-corrected chi connectivity index (χ2v) is 10.5. The Morgan fingerprint density at radius 1 is 0.897 bits per heavy atom. The summed E-state index contributed by atoms with van der Waals surface area (Å²) < 4.78 is 6.73. The summed E-state index contributed by atoms with van der Waals surface area (Å²) in [5.41, 5.74) is 2.43. The van der Waals surface area contributed by atoms with E-state index in [1.54, 1.807) is 35.2 Å². The zero-order valence-corrected chi connectivity index (χ0v) is 21.6. The molecule has 6 rings (SSSR count). The lowest BCUT2D eigenvalue weighted by molar-refractivity contribution is 0.0683. The van der Waals surface area contributed by atoms with Gasteiger partial charge in [0.2, 0.25) is 0 Å². The minimum Gasteiger partial charge on any atom is -0.490 e. The van der Waals surface area contributed by atoms with E-state index in [0.717, 1.165) is 10.2 Å². The molecule has 0 unspecified atom stereocenters. The number of ether oxygens (including phenoxy) is 1. The van der Waals surface area contributed by atoms with Crippen molar-refractivity contribution in [3.8, 4) is 26.8 Å². The van der Waals surface area contributed by atoms with Gasteiger partial charge >= 0.3 is 18.0 Å². The standard InChI is InChI=1S/C27H18N4O6S2/c32-24(33)15-7-5-14(6-8-15)22-21(25(34)35)29-23(39-22)16-9-10-19-18(13-16)31(11-12-37-19)27(36)30-26-28-17-3-1-2-4-20(17)38-26/h1-10,13H,11-12H2,(H,32,33)(H,34,35)(H,28,30,36). The smallest absolute Gasteiger partial charge is 0.356 e. The lowest BCUT2D eigenvalue weighted by atomic mass is 10.1. The molecule has 3 heterocycles. The van der Waals surface area contributed by atoms with Crippen LogP contribution in [0.2, 0.25) is 0 Å². The molecule has 5 aromatic rings. The molecule has 39 heavy (non-hydrogen) atoms. The van der Waals surface area contributed by atoms with Gasteiger partial charge in [-0.25, -0.2) is 24.4 Å². The topological polar surface area (TPSA) is 142 Å². The van der Waals surface area contributed by atoms with Crippen molar-refractivity contribution in [1.82, 2.24) is 9.97 Å². The number of rotatable bonds is 5. The third-order valence-electron chi connectivity index (χ3n) is 6.05. The number of nitrogens with zero attached hydrogens (tertiary/aromatic N) is 3. The fourth-order valence-corrected chi connectivity index (χ4v) is 6.11. The van der Waals surface area contributed by atoms with Crippen molar-refractivity contribution < 1.29 is 29.3 Å². The molecule has 0 saturated carbocycles. The van der Waals surface area contributed by atoms with Gasteiger partial charge < -0.3 is 14.9 Å². The Hall–Kier alpha value is -4.81. The summed E-state index contributed by atoms with van der Waals surface area (Å²) >= 11 is 2.55. The van der Waals surface area contributed by atoms with Crippen molar-refractivity contribution >= 4 is 61.7 Å². The maximum atomic E-state index is 13.3. The number of carbonyl (C=O) groups excluding carboxylic acids is 1. The maximum absolute atomic E-state index is 13.3. The Bertz CT molecular complexity index is 1730. The average Bonchev–Trinajstić information content (AvgIpc) is 3.57. The highest BCUT2D eigenvalue weighted by Crippen LogP contribution is 2.40. The average molecular weight is 559 g/mol. The molecular weight excluding hydrogens is 540 g/mol. The Morgan fingerprint density at radius 3 is 2.41 bits per heavy atom. The van der Waals surface area contributed by atoms with Crippen molar-refractivity contribution in [3.63, 3.8) is 0 Å². The van der Waals surface area contributed by atoms with Crippen LogP contribution in [-0.2, 0) is 0 Å². The fraction of sp³-hybridized carbons (Fsp3) is 0.0741. The number of urea groups is 1. The Labute approximate surface area is 228 Å². The van der Waals surface area contributed by atoms with Gasteiger partial charge in [-0.3, -0.25) is 10.2 Å². The molecule has 2 aromatic heterocycles. The largest absolute Gasteiger partial charge is 0.490 e. The van der Waals surface area contributed by atoms with Crippen molar-refractivity contribution in [2.45, 2.75) is 0 Å². The highest BCUT2D eigenvalue weighted by atomic mass is 32.1. The molecule has 0 saturated heterocycles. The van der Waals surface area contributed by atoms with Crippen LogP contribution in [0.1, 0.15) is 20.8 Å². The SMILES string of the molecule is O=C(O)c1ccc(-c2sc(-c3ccc4c(c3)N(C(=O)Nc3nc5ccccc5s3)CCO4)nc2C(=O)O)cc1. The van der Waals surface area contributed by atoms with E-state index < -0.39 is 11.9 Å². The number of carboxylic acid groups (broad SMARTS) is 2. The Morgan fingerprint density at radius 2 is 1.67 bits per heavy atom. The number of thiazole rings is 2. The van der Waals surface area contributed by atoms with Gasteiger partial charge in [-0.05, 0) is 48.0 Å². The number of anilines is 2. The Balaban J connectivity index is 1.33. The van der Waals surface area contributed by atoms with Crippen molar-refractivity contribution in [2.75, 3.05) is 23.4 Å². The van der Waals surface area contributed by atoms with E-state index in [9.17, 15) is 19.5 Å². The molecule has 0 radical (unpaired) electrons. The van der Waals surface area contributed by atoms with Crippen LogP contribution in [-0.4, -0.2) is 51.3 Å². The number of amides is 2. The quantitative estimate of drug-likeness (QED) is 0.242. The molecule has 194 valence electrons. The molecule has 0 bridgehead atoms. The number of hydrogen-bond donors (Lipinski definition) is 3. The normalized spacial score (nSPS) is 12.6. The molecule has 10 nitrogen and oxygen atoms in total.